The van der Waals surface area contributed by atoms with Crippen molar-refractivity contribution in [2.24, 2.45) is 0 Å². The molecule has 1 aliphatic heterocycles. The Morgan fingerprint density at radius 2 is 2.06 bits per heavy atom. The van der Waals surface area contributed by atoms with E-state index in [0.29, 0.717) is 13.0 Å². The van der Waals surface area contributed by atoms with Crippen molar-refractivity contribution < 1.29 is 17.9 Å². The highest BCUT2D eigenvalue weighted by molar-refractivity contribution is 7.91. The van der Waals surface area contributed by atoms with Crippen LogP contribution in [0, 0.1) is 0 Å². The Balaban J connectivity index is 2.75. The summed E-state index contributed by atoms with van der Waals surface area (Å²) < 4.78 is 27.9. The van der Waals surface area contributed by atoms with Gasteiger partial charge in [-0.3, -0.25) is 9.69 Å². The second kappa shape index (κ2) is 4.94. The Bertz CT molecular complexity index is 388. The lowest BCUT2D eigenvalue weighted by Gasteiger charge is -2.36. The Morgan fingerprint density at radius 1 is 1.47 bits per heavy atom. The van der Waals surface area contributed by atoms with Crippen LogP contribution in [-0.4, -0.2) is 56.0 Å². The van der Waals surface area contributed by atoms with Gasteiger partial charge in [-0.1, -0.05) is 0 Å². The van der Waals surface area contributed by atoms with Crippen LogP contribution >= 0.6 is 0 Å². The van der Waals surface area contributed by atoms with E-state index in [-0.39, 0.29) is 23.5 Å². The summed E-state index contributed by atoms with van der Waals surface area (Å²) in [4.78, 5) is 13.6. The van der Waals surface area contributed by atoms with Crippen molar-refractivity contribution in [3.8, 4) is 0 Å². The largest absolute Gasteiger partial charge is 0.465 e. The highest BCUT2D eigenvalue weighted by Gasteiger charge is 2.41. The summed E-state index contributed by atoms with van der Waals surface area (Å²) in [5, 5.41) is 0. The van der Waals surface area contributed by atoms with E-state index in [9.17, 15) is 13.2 Å². The molecule has 1 aliphatic rings. The lowest BCUT2D eigenvalue weighted by atomic mass is 10.0. The molecule has 1 fully saturated rings. The van der Waals surface area contributed by atoms with Gasteiger partial charge < -0.3 is 4.74 Å². The fourth-order valence-corrected chi connectivity index (χ4v) is 3.76. The van der Waals surface area contributed by atoms with Crippen LogP contribution in [0.15, 0.2) is 0 Å². The third-order valence-electron chi connectivity index (χ3n) is 3.41. The van der Waals surface area contributed by atoms with Gasteiger partial charge in [0.25, 0.3) is 0 Å². The van der Waals surface area contributed by atoms with E-state index in [1.54, 1.807) is 27.8 Å². The van der Waals surface area contributed by atoms with E-state index in [1.165, 1.54) is 0 Å². The van der Waals surface area contributed by atoms with E-state index in [2.05, 4.69) is 0 Å². The molecule has 100 valence electrons. The van der Waals surface area contributed by atoms with Gasteiger partial charge >= 0.3 is 5.97 Å². The topological polar surface area (TPSA) is 63.7 Å². The first-order valence-electron chi connectivity index (χ1n) is 5.81. The van der Waals surface area contributed by atoms with Crippen molar-refractivity contribution in [1.29, 1.82) is 0 Å². The molecule has 1 heterocycles. The van der Waals surface area contributed by atoms with Gasteiger partial charge in [-0.2, -0.15) is 0 Å². The van der Waals surface area contributed by atoms with Crippen molar-refractivity contribution in [1.82, 2.24) is 4.90 Å². The van der Waals surface area contributed by atoms with Gasteiger partial charge in [-0.15, -0.1) is 0 Å². The van der Waals surface area contributed by atoms with Crippen LogP contribution < -0.4 is 0 Å². The van der Waals surface area contributed by atoms with Gasteiger partial charge in [0.15, 0.2) is 9.84 Å². The van der Waals surface area contributed by atoms with Gasteiger partial charge in [0.1, 0.15) is 5.54 Å². The zero-order chi connectivity index (χ0) is 13.3. The minimum absolute atomic E-state index is 0.0978. The first-order valence-corrected chi connectivity index (χ1v) is 7.63. The summed E-state index contributed by atoms with van der Waals surface area (Å²) in [5.41, 5.74) is -0.791. The Morgan fingerprint density at radius 3 is 2.47 bits per heavy atom. The predicted octanol–water partition coefficient (Wildman–Crippen LogP) is 0.447. The summed E-state index contributed by atoms with van der Waals surface area (Å²) in [5.74, 6) is 0.0274. The number of esters is 1. The molecule has 5 nitrogen and oxygen atoms in total. The molecule has 0 amide bonds. The molecule has 0 bridgehead atoms. The summed E-state index contributed by atoms with van der Waals surface area (Å²) >= 11 is 0. The van der Waals surface area contributed by atoms with Crippen LogP contribution in [0.3, 0.4) is 0 Å². The molecule has 1 unspecified atom stereocenters. The number of sulfone groups is 1. The molecule has 0 saturated carbocycles. The van der Waals surface area contributed by atoms with Gasteiger partial charge in [0.2, 0.25) is 0 Å². The maximum absolute atomic E-state index is 11.8. The normalized spacial score (nSPS) is 23.9. The first kappa shape index (κ1) is 14.4. The van der Waals surface area contributed by atoms with E-state index < -0.39 is 15.4 Å². The highest BCUT2D eigenvalue weighted by Crippen LogP contribution is 2.24. The number of ether oxygens (including phenoxy) is 1. The van der Waals surface area contributed by atoms with E-state index in [1.807, 2.05) is 4.90 Å². The monoisotopic (exact) mass is 263 g/mol. The minimum Gasteiger partial charge on any atom is -0.465 e. The quantitative estimate of drug-likeness (QED) is 0.689. The van der Waals surface area contributed by atoms with Crippen molar-refractivity contribution >= 4 is 15.8 Å². The molecule has 17 heavy (non-hydrogen) atoms. The number of likely N-dealkylation sites (N-methyl/N-ethyl adjacent to an activating group) is 1. The average molecular weight is 263 g/mol. The van der Waals surface area contributed by atoms with E-state index in [0.717, 1.165) is 0 Å². The zero-order valence-electron chi connectivity index (χ0n) is 10.9. The number of rotatable bonds is 4. The number of nitrogens with zero attached hydrogens (tertiary/aromatic N) is 1. The second-order valence-electron chi connectivity index (χ2n) is 4.95. The van der Waals surface area contributed by atoms with Crippen molar-refractivity contribution in [3.05, 3.63) is 0 Å². The lowest BCUT2D eigenvalue weighted by molar-refractivity contribution is -0.156. The molecule has 1 atom stereocenters. The van der Waals surface area contributed by atoms with Gasteiger partial charge in [-0.05, 0) is 34.2 Å². The second-order valence-corrected chi connectivity index (χ2v) is 7.18. The number of hydrogen-bond donors (Lipinski definition) is 0. The third kappa shape index (κ3) is 3.19. The average Bonchev–Trinajstić information content (AvgIpc) is 2.58. The van der Waals surface area contributed by atoms with Gasteiger partial charge in [0, 0.05) is 6.04 Å². The highest BCUT2D eigenvalue weighted by atomic mass is 32.2. The molecule has 0 spiro atoms. The van der Waals surface area contributed by atoms with E-state index >= 15 is 0 Å². The number of carbonyl (C=O) groups is 1. The molecule has 6 heteroatoms. The standard InChI is InChI=1S/C11H21NO4S/c1-5-16-10(13)11(2,3)12(4)9-6-7-17(14,15)8-9/h9H,5-8H2,1-4H3. The SMILES string of the molecule is CCOC(=O)C(C)(C)N(C)C1CCS(=O)(=O)C1. The molecule has 1 rings (SSSR count). The Labute approximate surface area is 103 Å². The van der Waals surface area contributed by atoms with E-state index in [4.69, 9.17) is 4.74 Å². The van der Waals surface area contributed by atoms with Crippen molar-refractivity contribution in [2.45, 2.75) is 38.8 Å². The maximum Gasteiger partial charge on any atom is 0.325 e. The molecule has 0 N–H and O–H groups in total. The first-order chi connectivity index (χ1) is 7.70. The Kier molecular flexibility index (Phi) is 4.19. The maximum atomic E-state index is 11.8. The summed E-state index contributed by atoms with van der Waals surface area (Å²) in [6.45, 7) is 5.61. The zero-order valence-corrected chi connectivity index (χ0v) is 11.7. The van der Waals surface area contributed by atoms with Crippen molar-refractivity contribution in [3.63, 3.8) is 0 Å². The van der Waals surface area contributed by atoms with Crippen LogP contribution in [0.5, 0.6) is 0 Å². The molecule has 1 saturated heterocycles. The van der Waals surface area contributed by atoms with Gasteiger partial charge in [0.05, 0.1) is 18.1 Å². The molecule has 0 aliphatic carbocycles. The smallest absolute Gasteiger partial charge is 0.325 e. The molecule has 0 aromatic rings. The molecule has 0 aromatic carbocycles. The summed E-state index contributed by atoms with van der Waals surface area (Å²) in [6, 6.07) is -0.0978. The summed E-state index contributed by atoms with van der Waals surface area (Å²) in [7, 11) is -1.15. The fraction of sp³-hybridized carbons (Fsp3) is 0.909. The van der Waals surface area contributed by atoms with Crippen LogP contribution in [0.2, 0.25) is 0 Å². The van der Waals surface area contributed by atoms with Crippen LogP contribution in [0.1, 0.15) is 27.2 Å². The summed E-state index contributed by atoms with van der Waals surface area (Å²) in [6.07, 6.45) is 0.585. The minimum atomic E-state index is -2.93. The molecule has 0 aromatic heterocycles. The lowest BCUT2D eigenvalue weighted by Crippen LogP contribution is -2.53. The third-order valence-corrected chi connectivity index (χ3v) is 5.16. The van der Waals surface area contributed by atoms with Crippen molar-refractivity contribution in [2.75, 3.05) is 25.2 Å². The number of hydrogen-bond acceptors (Lipinski definition) is 5. The van der Waals surface area contributed by atoms with Gasteiger partial charge in [-0.25, -0.2) is 8.42 Å². The predicted molar refractivity (Wildman–Crippen MR) is 65.5 cm³/mol. The van der Waals surface area contributed by atoms with Crippen LogP contribution in [0.4, 0.5) is 0 Å². The number of carbonyl (C=O) groups excluding carboxylic acids is 1. The molecule has 0 radical (unpaired) electrons. The van der Waals surface area contributed by atoms with Crippen LogP contribution in [-0.2, 0) is 19.4 Å². The molecular formula is C11H21NO4S. The van der Waals surface area contributed by atoms with Crippen LogP contribution in [0.25, 0.3) is 0 Å². The Hall–Kier alpha value is -0.620. The molecular weight excluding hydrogens is 242 g/mol. The fourth-order valence-electron chi connectivity index (χ4n) is 1.99.